The molecule has 5 nitrogen and oxygen atoms in total. The monoisotopic (exact) mass is 1020 g/mol. The molecule has 0 aliphatic carbocycles. The number of hydrogen-bond acceptors (Lipinski definition) is 4. The van der Waals surface area contributed by atoms with Crippen LogP contribution >= 0.6 is 0 Å². The number of fused-ring (bicyclic) bond motifs is 9. The Morgan fingerprint density at radius 2 is 0.700 bits per heavy atom. The van der Waals surface area contributed by atoms with Crippen LogP contribution in [0.4, 0.5) is 39.8 Å². The van der Waals surface area contributed by atoms with Gasteiger partial charge in [0.1, 0.15) is 22.3 Å². The molecule has 13 aromatic carbocycles. The third-order valence-corrected chi connectivity index (χ3v) is 15.6. The molecule has 0 unspecified atom stereocenters. The van der Waals surface area contributed by atoms with Crippen LogP contribution in [-0.2, 0) is 0 Å². The lowest BCUT2D eigenvalue weighted by atomic mass is 9.96. The van der Waals surface area contributed by atoms with E-state index in [4.69, 9.17) is 15.4 Å². The summed E-state index contributed by atoms with van der Waals surface area (Å²) in [7, 11) is 0. The number of rotatable bonds is 10. The highest BCUT2D eigenvalue weighted by Gasteiger charge is 2.24. The van der Waals surface area contributed by atoms with Gasteiger partial charge in [-0.3, -0.25) is 0 Å². The SMILES string of the molecule is [C-]#[N+]c1cc2oc3cc4cc(N(c5ccccc5)c5cc(-c6ccccc6)ccc5-c5ccccc5)ccc4cc3c2c2c1oc1cc3cc(N(c4ccccc4)c4cc(-c5ccccc5)ccc4-c4ccccc4)ccc3cc12. The number of anilines is 6. The van der Waals surface area contributed by atoms with Crippen LogP contribution in [-0.4, -0.2) is 0 Å². The number of hydrogen-bond donors (Lipinski definition) is 0. The summed E-state index contributed by atoms with van der Waals surface area (Å²) in [4.78, 5) is 8.75. The average molecular weight is 1020 g/mol. The third kappa shape index (κ3) is 8.02. The molecule has 0 saturated heterocycles. The summed E-state index contributed by atoms with van der Waals surface area (Å²) in [6.07, 6.45) is 0. The largest absolute Gasteiger partial charge is 0.467 e. The van der Waals surface area contributed by atoms with Gasteiger partial charge in [0.25, 0.3) is 0 Å². The predicted molar refractivity (Wildman–Crippen MR) is 333 cm³/mol. The van der Waals surface area contributed by atoms with Crippen molar-refractivity contribution in [1.82, 2.24) is 0 Å². The molecule has 0 N–H and O–H groups in total. The molecule has 80 heavy (non-hydrogen) atoms. The molecular weight excluding hydrogens is 975 g/mol. The minimum Gasteiger partial charge on any atom is -0.467 e. The van der Waals surface area contributed by atoms with Crippen molar-refractivity contribution >= 4 is 105 Å². The van der Waals surface area contributed by atoms with Gasteiger partial charge in [0, 0.05) is 55.4 Å². The number of benzene rings is 13. The molecule has 0 aliphatic heterocycles. The summed E-state index contributed by atoms with van der Waals surface area (Å²) in [5.41, 5.74) is 18.4. The standard InChI is InChI=1S/C75H47N3O2/c1-76-67-48-72-73(65-42-53-32-36-61(40-57(53)46-70(65)79-72)77(59-28-16-6-17-29-59)68-44-55(49-20-8-2-9-21-49)34-38-63(68)51-24-12-4-13-25-51)74-66-43-54-33-37-62(41-58(54)47-71(66)80-75(67)74)78(60-30-18-7-19-31-60)69-45-56(50-22-10-3-11-23-50)35-39-64(69)52-26-14-5-15-27-52/h2-48H. The molecule has 0 radical (unpaired) electrons. The van der Waals surface area contributed by atoms with Crippen molar-refractivity contribution in [2.75, 3.05) is 9.80 Å². The Bertz CT molecular complexity index is 4880. The van der Waals surface area contributed by atoms with E-state index in [2.05, 4.69) is 294 Å². The predicted octanol–water partition coefficient (Wildman–Crippen LogP) is 22.0. The highest BCUT2D eigenvalue weighted by atomic mass is 16.3. The zero-order valence-electron chi connectivity index (χ0n) is 43.3. The molecule has 0 fully saturated rings. The van der Waals surface area contributed by atoms with Crippen molar-refractivity contribution in [2.24, 2.45) is 0 Å². The van der Waals surface area contributed by atoms with E-state index in [1.54, 1.807) is 0 Å². The minimum absolute atomic E-state index is 0.409. The van der Waals surface area contributed by atoms with Crippen LogP contribution in [0.2, 0.25) is 0 Å². The van der Waals surface area contributed by atoms with E-state index in [0.29, 0.717) is 22.4 Å². The second-order valence-electron chi connectivity index (χ2n) is 20.3. The van der Waals surface area contributed by atoms with Gasteiger partial charge in [-0.1, -0.05) is 194 Å². The summed E-state index contributed by atoms with van der Waals surface area (Å²) < 4.78 is 13.7. The fraction of sp³-hybridized carbons (Fsp3) is 0. The van der Waals surface area contributed by atoms with Crippen molar-refractivity contribution in [3.8, 4) is 44.5 Å². The molecule has 0 spiro atoms. The normalized spacial score (nSPS) is 11.5. The fourth-order valence-electron chi connectivity index (χ4n) is 11.8. The Hall–Kier alpha value is -10.9. The summed E-state index contributed by atoms with van der Waals surface area (Å²) in [5.74, 6) is 0. The van der Waals surface area contributed by atoms with Gasteiger partial charge in [-0.25, -0.2) is 4.85 Å². The van der Waals surface area contributed by atoms with Gasteiger partial charge in [-0.2, -0.15) is 0 Å². The highest BCUT2D eigenvalue weighted by molar-refractivity contribution is 6.30. The molecule has 15 aromatic rings. The zero-order chi connectivity index (χ0) is 53.1. The first-order valence-electron chi connectivity index (χ1n) is 26.9. The molecule has 0 amide bonds. The van der Waals surface area contributed by atoms with Gasteiger partial charge >= 0.3 is 0 Å². The van der Waals surface area contributed by atoms with Gasteiger partial charge in [0.05, 0.1) is 17.9 Å². The first-order chi connectivity index (χ1) is 39.6. The number of furan rings is 2. The first kappa shape index (κ1) is 46.4. The van der Waals surface area contributed by atoms with Gasteiger partial charge in [-0.15, -0.1) is 0 Å². The topological polar surface area (TPSA) is 37.1 Å². The van der Waals surface area contributed by atoms with E-state index in [1.807, 2.05) is 6.07 Å². The maximum absolute atomic E-state index is 8.41. The van der Waals surface area contributed by atoms with Gasteiger partial charge in [0.2, 0.25) is 5.69 Å². The lowest BCUT2D eigenvalue weighted by molar-refractivity contribution is 0.665. The third-order valence-electron chi connectivity index (χ3n) is 15.6. The summed E-state index contributed by atoms with van der Waals surface area (Å²) in [5, 5.41) is 7.87. The molecule has 0 saturated carbocycles. The minimum atomic E-state index is 0.409. The molecule has 5 heteroatoms. The Labute approximate surface area is 462 Å². The molecule has 0 bridgehead atoms. The van der Waals surface area contributed by atoms with Crippen LogP contribution < -0.4 is 9.80 Å². The van der Waals surface area contributed by atoms with E-state index >= 15 is 0 Å². The van der Waals surface area contributed by atoms with Crippen LogP contribution in [0.3, 0.4) is 0 Å². The Morgan fingerprint density at radius 1 is 0.287 bits per heavy atom. The lowest BCUT2D eigenvalue weighted by Crippen LogP contribution is -2.11. The summed E-state index contributed by atoms with van der Waals surface area (Å²) in [6.45, 7) is 8.41. The zero-order valence-corrected chi connectivity index (χ0v) is 43.3. The van der Waals surface area contributed by atoms with Crippen molar-refractivity contribution in [3.05, 3.63) is 297 Å². The van der Waals surface area contributed by atoms with Gasteiger partial charge in [0.15, 0.2) is 0 Å². The first-order valence-corrected chi connectivity index (χ1v) is 26.9. The molecule has 0 aliphatic rings. The van der Waals surface area contributed by atoms with E-state index in [9.17, 15) is 0 Å². The van der Waals surface area contributed by atoms with E-state index in [0.717, 1.165) is 127 Å². The summed E-state index contributed by atoms with van der Waals surface area (Å²) >= 11 is 0. The van der Waals surface area contributed by atoms with E-state index in [-0.39, 0.29) is 0 Å². The number of nitrogens with zero attached hydrogens (tertiary/aromatic N) is 3. The second kappa shape index (κ2) is 19.3. The van der Waals surface area contributed by atoms with Crippen LogP contribution in [0.5, 0.6) is 0 Å². The quantitative estimate of drug-likeness (QED) is 0.128. The van der Waals surface area contributed by atoms with Crippen molar-refractivity contribution in [1.29, 1.82) is 0 Å². The molecule has 2 aromatic heterocycles. The molecule has 2 heterocycles. The smallest absolute Gasteiger partial charge is 0.233 e. The maximum atomic E-state index is 8.41. The van der Waals surface area contributed by atoms with Crippen LogP contribution in [0.25, 0.3) is 115 Å². The van der Waals surface area contributed by atoms with Crippen LogP contribution in [0.15, 0.2) is 294 Å². The van der Waals surface area contributed by atoms with E-state index < -0.39 is 0 Å². The molecule has 15 rings (SSSR count). The second-order valence-corrected chi connectivity index (χ2v) is 20.3. The maximum Gasteiger partial charge on any atom is 0.233 e. The lowest BCUT2D eigenvalue weighted by Gasteiger charge is -2.29. The van der Waals surface area contributed by atoms with Crippen LogP contribution in [0.1, 0.15) is 0 Å². The van der Waals surface area contributed by atoms with Crippen molar-refractivity contribution in [3.63, 3.8) is 0 Å². The number of para-hydroxylation sites is 2. The Balaban J connectivity index is 0.879. The van der Waals surface area contributed by atoms with Crippen molar-refractivity contribution < 1.29 is 8.83 Å². The van der Waals surface area contributed by atoms with Gasteiger partial charge < -0.3 is 18.6 Å². The molecule has 374 valence electrons. The highest BCUT2D eigenvalue weighted by Crippen LogP contribution is 2.49. The Kier molecular flexibility index (Phi) is 11.2. The van der Waals surface area contributed by atoms with E-state index in [1.165, 1.54) is 0 Å². The van der Waals surface area contributed by atoms with Gasteiger partial charge in [-0.05, 0) is 146 Å². The summed E-state index contributed by atoms with van der Waals surface area (Å²) in [6, 6.07) is 101. The fourth-order valence-corrected chi connectivity index (χ4v) is 11.8. The van der Waals surface area contributed by atoms with Crippen molar-refractivity contribution in [2.45, 2.75) is 0 Å². The average Bonchev–Trinajstić information content (AvgIpc) is 4.23. The Morgan fingerprint density at radius 3 is 1.15 bits per heavy atom. The molecular formula is C75H47N3O2. The molecule has 0 atom stereocenters. The van der Waals surface area contributed by atoms with Crippen LogP contribution in [0, 0.1) is 6.57 Å².